The predicted octanol–water partition coefficient (Wildman–Crippen LogP) is 17.4. The van der Waals surface area contributed by atoms with Gasteiger partial charge in [-0.3, -0.25) is 0 Å². The second-order valence-corrected chi connectivity index (χ2v) is 17.5. The van der Waals surface area contributed by atoms with E-state index in [1.807, 2.05) is 0 Å². The summed E-state index contributed by atoms with van der Waals surface area (Å²) >= 11 is 0. The van der Waals surface area contributed by atoms with Gasteiger partial charge in [0.2, 0.25) is 0 Å². The Bertz CT molecular complexity index is 4340. The van der Waals surface area contributed by atoms with Crippen molar-refractivity contribution in [2.45, 2.75) is 0 Å². The molecule has 0 bridgehead atoms. The molecule has 15 rings (SSSR count). The lowest BCUT2D eigenvalue weighted by Gasteiger charge is -2.14. The highest BCUT2D eigenvalue weighted by Gasteiger charge is 2.23. The van der Waals surface area contributed by atoms with Crippen molar-refractivity contribution in [2.24, 2.45) is 0 Å². The zero-order chi connectivity index (χ0) is 41.6. The minimum atomic E-state index is 0.897. The Morgan fingerprint density at radius 2 is 0.797 bits per heavy atom. The first-order chi connectivity index (χ1) is 31.7. The highest BCUT2D eigenvalue weighted by molar-refractivity contribution is 6.29. The van der Waals surface area contributed by atoms with Crippen LogP contribution in [0, 0.1) is 0 Å². The third kappa shape index (κ3) is 4.58. The second kappa shape index (κ2) is 12.6. The van der Waals surface area contributed by atoms with Crippen LogP contribution in [0.5, 0.6) is 0 Å². The second-order valence-electron chi connectivity index (χ2n) is 17.5. The van der Waals surface area contributed by atoms with Crippen LogP contribution in [0.1, 0.15) is 0 Å². The van der Waals surface area contributed by atoms with Crippen molar-refractivity contribution in [1.82, 2.24) is 4.57 Å². The van der Waals surface area contributed by atoms with E-state index in [1.54, 1.807) is 0 Å². The zero-order valence-electron chi connectivity index (χ0n) is 34.6. The summed E-state index contributed by atoms with van der Waals surface area (Å²) < 4.78 is 9.21. The van der Waals surface area contributed by atoms with E-state index in [2.05, 4.69) is 217 Å². The van der Waals surface area contributed by atoms with Crippen LogP contribution >= 0.6 is 0 Å². The van der Waals surface area contributed by atoms with Crippen LogP contribution in [0.3, 0.4) is 0 Å². The molecular formula is C62H35NO. The molecule has 14 aromatic rings. The van der Waals surface area contributed by atoms with Gasteiger partial charge in [0, 0.05) is 26.9 Å². The molecule has 2 heterocycles. The summed E-state index contributed by atoms with van der Waals surface area (Å²) in [5.41, 5.74) is 15.4. The quantitative estimate of drug-likeness (QED) is 0.163. The number of aromatic nitrogens is 1. The molecule has 1 aliphatic rings. The summed E-state index contributed by atoms with van der Waals surface area (Å²) in [6.45, 7) is 0. The number of hydrogen-bond donors (Lipinski definition) is 0. The Morgan fingerprint density at radius 3 is 1.61 bits per heavy atom. The van der Waals surface area contributed by atoms with E-state index in [0.29, 0.717) is 0 Å². The topological polar surface area (TPSA) is 18.1 Å². The zero-order valence-corrected chi connectivity index (χ0v) is 34.6. The Hall–Kier alpha value is -8.46. The van der Waals surface area contributed by atoms with Crippen molar-refractivity contribution in [3.05, 3.63) is 212 Å². The Kier molecular flexibility index (Phi) is 6.71. The van der Waals surface area contributed by atoms with Gasteiger partial charge in [-0.15, -0.1) is 0 Å². The average molecular weight is 810 g/mol. The van der Waals surface area contributed by atoms with Crippen LogP contribution in [0.15, 0.2) is 217 Å². The van der Waals surface area contributed by atoms with Crippen LogP contribution in [0.2, 0.25) is 0 Å². The lowest BCUT2D eigenvalue weighted by molar-refractivity contribution is 0.669. The minimum Gasteiger partial charge on any atom is -0.456 e. The van der Waals surface area contributed by atoms with Gasteiger partial charge in [-0.05, 0) is 148 Å². The standard InChI is InChI=1S/C62H35NO/c1-2-13-41-36(11-1)12-9-22-57(41)63-58-21-8-7-18-47(58)56-34-54-46-26-23-37(31-53(46)44-16-5-6-17-45(44)55(54)35-59(56)63)38-24-27-48-49-28-25-39(33-61(49)64-60(48)32-38)40-29-30-52-43-15-4-3-14-42(43)51-20-10-19-50(40)62(51)52/h1-35H. The van der Waals surface area contributed by atoms with E-state index in [4.69, 9.17) is 4.42 Å². The smallest absolute Gasteiger partial charge is 0.136 e. The molecule has 0 amide bonds. The van der Waals surface area contributed by atoms with Crippen molar-refractivity contribution >= 4 is 97.6 Å². The molecule has 0 fully saturated rings. The van der Waals surface area contributed by atoms with Crippen LogP contribution < -0.4 is 0 Å². The monoisotopic (exact) mass is 809 g/mol. The highest BCUT2D eigenvalue weighted by Crippen LogP contribution is 2.50. The van der Waals surface area contributed by atoms with Crippen molar-refractivity contribution in [3.63, 3.8) is 0 Å². The summed E-state index contributed by atoms with van der Waals surface area (Å²) in [4.78, 5) is 0. The van der Waals surface area contributed by atoms with Crippen molar-refractivity contribution < 1.29 is 4.42 Å². The molecule has 2 aromatic heterocycles. The van der Waals surface area contributed by atoms with Gasteiger partial charge >= 0.3 is 0 Å². The molecule has 12 aromatic carbocycles. The number of benzene rings is 12. The molecule has 0 N–H and O–H groups in total. The van der Waals surface area contributed by atoms with E-state index < -0.39 is 0 Å². The Morgan fingerprint density at radius 1 is 0.266 bits per heavy atom. The van der Waals surface area contributed by atoms with Gasteiger partial charge in [0.1, 0.15) is 11.2 Å². The van der Waals surface area contributed by atoms with Gasteiger partial charge in [-0.1, -0.05) is 158 Å². The Labute approximate surface area is 367 Å². The Balaban J connectivity index is 0.880. The third-order valence-corrected chi connectivity index (χ3v) is 14.3. The molecular weight excluding hydrogens is 775 g/mol. The van der Waals surface area contributed by atoms with Gasteiger partial charge < -0.3 is 8.98 Å². The van der Waals surface area contributed by atoms with E-state index >= 15 is 0 Å². The molecule has 0 radical (unpaired) electrons. The van der Waals surface area contributed by atoms with E-state index in [-0.39, 0.29) is 0 Å². The van der Waals surface area contributed by atoms with Crippen LogP contribution in [-0.2, 0) is 0 Å². The fraction of sp³-hybridized carbons (Fsp3) is 0. The maximum atomic E-state index is 6.75. The molecule has 2 nitrogen and oxygen atoms in total. The molecule has 0 unspecified atom stereocenters. The fourth-order valence-electron chi connectivity index (χ4n) is 11.4. The van der Waals surface area contributed by atoms with Crippen molar-refractivity contribution in [2.75, 3.05) is 0 Å². The lowest BCUT2D eigenvalue weighted by atomic mass is 9.91. The van der Waals surface area contributed by atoms with Crippen LogP contribution in [0.25, 0.3) is 148 Å². The fourth-order valence-corrected chi connectivity index (χ4v) is 11.4. The largest absolute Gasteiger partial charge is 0.456 e. The number of furan rings is 1. The number of rotatable bonds is 3. The number of fused-ring (bicyclic) bond motifs is 16. The highest BCUT2D eigenvalue weighted by atomic mass is 16.3. The number of hydrogen-bond acceptors (Lipinski definition) is 1. The van der Waals surface area contributed by atoms with Gasteiger partial charge in [-0.2, -0.15) is 0 Å². The van der Waals surface area contributed by atoms with E-state index in [0.717, 1.165) is 33.1 Å². The molecule has 0 aliphatic heterocycles. The van der Waals surface area contributed by atoms with Gasteiger partial charge in [0.15, 0.2) is 0 Å². The van der Waals surface area contributed by atoms with Crippen molar-refractivity contribution in [1.29, 1.82) is 0 Å². The van der Waals surface area contributed by atoms with E-state index in [9.17, 15) is 0 Å². The molecule has 0 atom stereocenters. The number of para-hydroxylation sites is 1. The molecule has 1 aliphatic carbocycles. The summed E-state index contributed by atoms with van der Waals surface area (Å²) in [7, 11) is 0. The maximum Gasteiger partial charge on any atom is 0.136 e. The summed E-state index contributed by atoms with van der Waals surface area (Å²) in [5, 5.41) is 17.4. The van der Waals surface area contributed by atoms with Gasteiger partial charge in [0.25, 0.3) is 0 Å². The van der Waals surface area contributed by atoms with Crippen LogP contribution in [0.4, 0.5) is 0 Å². The first-order valence-electron chi connectivity index (χ1n) is 22.2. The lowest BCUT2D eigenvalue weighted by Crippen LogP contribution is -1.95. The van der Waals surface area contributed by atoms with Gasteiger partial charge in [-0.25, -0.2) is 0 Å². The summed E-state index contributed by atoms with van der Waals surface area (Å²) in [6.07, 6.45) is 0. The molecule has 0 saturated heterocycles. The maximum absolute atomic E-state index is 6.75. The predicted molar refractivity (Wildman–Crippen MR) is 271 cm³/mol. The SMILES string of the molecule is c1ccc2c(c1)-c1cccc3c(-c4ccc5c(c4)oc4cc(-c6ccc7c(c6)c6ccccc6c6cc8c(cc76)c6ccccc6n8-c6cccc7ccccc67)ccc45)ccc-2c13. The third-order valence-electron chi connectivity index (χ3n) is 14.3. The molecule has 294 valence electrons. The number of nitrogens with zero attached hydrogens (tertiary/aromatic N) is 1. The average Bonchev–Trinajstić information content (AvgIpc) is 4.01. The van der Waals surface area contributed by atoms with Crippen LogP contribution in [-0.4, -0.2) is 4.57 Å². The first kappa shape index (κ1) is 34.2. The normalized spacial score (nSPS) is 12.4. The first-order valence-corrected chi connectivity index (χ1v) is 22.2. The molecule has 64 heavy (non-hydrogen) atoms. The summed E-state index contributed by atoms with van der Waals surface area (Å²) in [6, 6.07) is 78.5. The van der Waals surface area contributed by atoms with Gasteiger partial charge in [0.05, 0.1) is 16.7 Å². The molecule has 2 heteroatoms. The van der Waals surface area contributed by atoms with Crippen molar-refractivity contribution in [3.8, 4) is 50.2 Å². The molecule has 0 spiro atoms. The molecule has 0 saturated carbocycles. The minimum absolute atomic E-state index is 0.897. The summed E-state index contributed by atoms with van der Waals surface area (Å²) in [5.74, 6) is 0. The van der Waals surface area contributed by atoms with E-state index in [1.165, 1.54) is 115 Å².